The fourth-order valence-corrected chi connectivity index (χ4v) is 1.91. The molecule has 0 aliphatic rings. The molecule has 0 saturated heterocycles. The van der Waals surface area contributed by atoms with Gasteiger partial charge in [0, 0.05) is 11.4 Å². The third-order valence-electron chi connectivity index (χ3n) is 2.38. The van der Waals surface area contributed by atoms with Crippen molar-refractivity contribution in [2.24, 2.45) is 0 Å². The zero-order valence-corrected chi connectivity index (χ0v) is 11.6. The third kappa shape index (κ3) is 4.38. The zero-order chi connectivity index (χ0) is 12.8. The van der Waals surface area contributed by atoms with Crippen molar-refractivity contribution >= 4 is 17.4 Å². The predicted octanol–water partition coefficient (Wildman–Crippen LogP) is 3.00. The molecule has 1 aromatic heterocycles. The number of nitrogens with zero attached hydrogens (tertiary/aromatic N) is 2. The van der Waals surface area contributed by atoms with Gasteiger partial charge in [0.1, 0.15) is 12.1 Å². The first-order valence-electron chi connectivity index (χ1n) is 5.89. The monoisotopic (exact) mass is 257 g/mol. The minimum Gasteiger partial charge on any atom is -0.478 e. The molecular weight excluding hydrogens is 238 g/mol. The van der Waals surface area contributed by atoms with E-state index >= 15 is 0 Å². The van der Waals surface area contributed by atoms with Gasteiger partial charge in [0.25, 0.3) is 0 Å². The molecule has 0 amide bonds. The Kier molecular flexibility index (Phi) is 5.48. The van der Waals surface area contributed by atoms with Crippen molar-refractivity contribution < 1.29 is 4.74 Å². The quantitative estimate of drug-likeness (QED) is 0.796. The van der Waals surface area contributed by atoms with E-state index in [0.29, 0.717) is 12.5 Å². The van der Waals surface area contributed by atoms with Crippen molar-refractivity contribution in [3.05, 3.63) is 11.9 Å². The van der Waals surface area contributed by atoms with Crippen LogP contribution in [0, 0.1) is 6.92 Å². The Labute approximate surface area is 108 Å². The lowest BCUT2D eigenvalue weighted by molar-refractivity contribution is 0.324. The summed E-state index contributed by atoms with van der Waals surface area (Å²) in [5.41, 5.74) is 0.934. The molecule has 2 atom stereocenters. The second kappa shape index (κ2) is 6.64. The summed E-state index contributed by atoms with van der Waals surface area (Å²) in [5, 5.41) is 3.47. The van der Waals surface area contributed by atoms with Gasteiger partial charge in [0.05, 0.1) is 12.2 Å². The van der Waals surface area contributed by atoms with Gasteiger partial charge in [0.2, 0.25) is 5.88 Å². The first-order chi connectivity index (χ1) is 8.04. The van der Waals surface area contributed by atoms with E-state index < -0.39 is 0 Å². The van der Waals surface area contributed by atoms with E-state index in [-0.39, 0.29) is 11.4 Å². The molecule has 1 rings (SSSR count). The molecule has 1 heterocycles. The molecule has 96 valence electrons. The highest BCUT2D eigenvalue weighted by atomic mass is 35.5. The Hall–Kier alpha value is -1.03. The maximum Gasteiger partial charge on any atom is 0.221 e. The molecule has 0 aliphatic carbocycles. The molecule has 0 aromatic carbocycles. The Bertz CT molecular complexity index is 358. The van der Waals surface area contributed by atoms with Crippen LogP contribution in [0.25, 0.3) is 0 Å². The van der Waals surface area contributed by atoms with Gasteiger partial charge in [-0.1, -0.05) is 0 Å². The van der Waals surface area contributed by atoms with Gasteiger partial charge in [0.15, 0.2) is 0 Å². The fraction of sp³-hybridized carbons (Fsp3) is 0.667. The molecule has 5 heteroatoms. The van der Waals surface area contributed by atoms with Crippen molar-refractivity contribution in [2.45, 2.75) is 45.5 Å². The number of hydrogen-bond donors (Lipinski definition) is 1. The fourth-order valence-electron chi connectivity index (χ4n) is 1.64. The summed E-state index contributed by atoms with van der Waals surface area (Å²) in [6, 6.07) is 0.269. The molecule has 0 spiro atoms. The molecule has 0 fully saturated rings. The average molecular weight is 258 g/mol. The average Bonchev–Trinajstić information content (AvgIpc) is 2.23. The molecule has 0 saturated carbocycles. The molecule has 0 bridgehead atoms. The topological polar surface area (TPSA) is 47.0 Å². The highest BCUT2D eigenvalue weighted by Crippen LogP contribution is 2.21. The third-order valence-corrected chi connectivity index (χ3v) is 2.56. The SMILES string of the molecule is CCOc1ncnc(NC(C)CC(C)Cl)c1C. The molecule has 2 unspecified atom stereocenters. The molecule has 1 aromatic rings. The number of halogens is 1. The van der Waals surface area contributed by atoms with Crippen LogP contribution < -0.4 is 10.1 Å². The van der Waals surface area contributed by atoms with Crippen LogP contribution >= 0.6 is 11.6 Å². The van der Waals surface area contributed by atoms with E-state index in [1.807, 2.05) is 20.8 Å². The summed E-state index contributed by atoms with van der Waals surface area (Å²) in [7, 11) is 0. The molecular formula is C12H20ClN3O. The van der Waals surface area contributed by atoms with E-state index in [1.165, 1.54) is 6.33 Å². The molecule has 0 radical (unpaired) electrons. The van der Waals surface area contributed by atoms with Gasteiger partial charge in [-0.2, -0.15) is 0 Å². The van der Waals surface area contributed by atoms with E-state index in [2.05, 4.69) is 22.2 Å². The lowest BCUT2D eigenvalue weighted by atomic mass is 10.2. The Balaban J connectivity index is 2.73. The first kappa shape index (κ1) is 14.0. The summed E-state index contributed by atoms with van der Waals surface area (Å²) >= 11 is 5.96. The summed E-state index contributed by atoms with van der Waals surface area (Å²) in [6.45, 7) is 8.56. The lowest BCUT2D eigenvalue weighted by Crippen LogP contribution is -2.20. The van der Waals surface area contributed by atoms with E-state index in [4.69, 9.17) is 16.3 Å². The number of rotatable bonds is 6. The van der Waals surface area contributed by atoms with Crippen molar-refractivity contribution in [3.63, 3.8) is 0 Å². The molecule has 17 heavy (non-hydrogen) atoms. The Morgan fingerprint density at radius 3 is 2.71 bits per heavy atom. The van der Waals surface area contributed by atoms with Gasteiger partial charge in [-0.3, -0.25) is 0 Å². The van der Waals surface area contributed by atoms with Crippen LogP contribution in [0.4, 0.5) is 5.82 Å². The second-order valence-corrected chi connectivity index (χ2v) is 4.89. The number of ether oxygens (including phenoxy) is 1. The van der Waals surface area contributed by atoms with E-state index in [0.717, 1.165) is 17.8 Å². The number of aromatic nitrogens is 2. The van der Waals surface area contributed by atoms with Crippen LogP contribution in [-0.2, 0) is 0 Å². The van der Waals surface area contributed by atoms with Gasteiger partial charge in [-0.05, 0) is 34.1 Å². The zero-order valence-electron chi connectivity index (χ0n) is 10.8. The number of anilines is 1. The Morgan fingerprint density at radius 2 is 2.12 bits per heavy atom. The van der Waals surface area contributed by atoms with Crippen LogP contribution in [-0.4, -0.2) is 28.0 Å². The van der Waals surface area contributed by atoms with Crippen molar-refractivity contribution in [3.8, 4) is 5.88 Å². The van der Waals surface area contributed by atoms with Crippen molar-refractivity contribution in [1.82, 2.24) is 9.97 Å². The minimum atomic E-state index is 0.144. The number of hydrogen-bond acceptors (Lipinski definition) is 4. The molecule has 1 N–H and O–H groups in total. The maximum atomic E-state index is 5.96. The number of alkyl halides is 1. The summed E-state index contributed by atoms with van der Waals surface area (Å²) in [4.78, 5) is 8.32. The van der Waals surface area contributed by atoms with Crippen LogP contribution in [0.15, 0.2) is 6.33 Å². The van der Waals surface area contributed by atoms with Crippen LogP contribution in [0.3, 0.4) is 0 Å². The Morgan fingerprint density at radius 1 is 1.41 bits per heavy atom. The predicted molar refractivity (Wildman–Crippen MR) is 71.0 cm³/mol. The van der Waals surface area contributed by atoms with Gasteiger partial charge in [-0.25, -0.2) is 9.97 Å². The van der Waals surface area contributed by atoms with Crippen LogP contribution in [0.5, 0.6) is 5.88 Å². The van der Waals surface area contributed by atoms with Crippen molar-refractivity contribution in [1.29, 1.82) is 0 Å². The second-order valence-electron chi connectivity index (χ2n) is 4.15. The smallest absolute Gasteiger partial charge is 0.221 e. The summed E-state index contributed by atoms with van der Waals surface area (Å²) in [5.74, 6) is 1.45. The van der Waals surface area contributed by atoms with Gasteiger partial charge < -0.3 is 10.1 Å². The standard InChI is InChI=1S/C12H20ClN3O/c1-5-17-12-10(4)11(14-7-15-12)16-9(3)6-8(2)13/h7-9H,5-6H2,1-4H3,(H,14,15,16). The molecule has 4 nitrogen and oxygen atoms in total. The van der Waals surface area contributed by atoms with Crippen LogP contribution in [0.2, 0.25) is 0 Å². The van der Waals surface area contributed by atoms with E-state index in [1.54, 1.807) is 0 Å². The summed E-state index contributed by atoms with van der Waals surface area (Å²) < 4.78 is 5.42. The molecule has 0 aliphatic heterocycles. The normalized spacial score (nSPS) is 14.2. The van der Waals surface area contributed by atoms with E-state index in [9.17, 15) is 0 Å². The van der Waals surface area contributed by atoms with Crippen molar-refractivity contribution in [2.75, 3.05) is 11.9 Å². The largest absolute Gasteiger partial charge is 0.478 e. The van der Waals surface area contributed by atoms with Gasteiger partial charge in [-0.15, -0.1) is 11.6 Å². The highest BCUT2D eigenvalue weighted by molar-refractivity contribution is 6.20. The summed E-state index contributed by atoms with van der Waals surface area (Å²) in [6.07, 6.45) is 2.39. The maximum absolute atomic E-state index is 5.96. The number of nitrogens with one attached hydrogen (secondary N) is 1. The first-order valence-corrected chi connectivity index (χ1v) is 6.33. The van der Waals surface area contributed by atoms with Gasteiger partial charge >= 0.3 is 0 Å². The van der Waals surface area contributed by atoms with Crippen LogP contribution in [0.1, 0.15) is 32.8 Å². The minimum absolute atomic E-state index is 0.144. The lowest BCUT2D eigenvalue weighted by Gasteiger charge is -2.17. The highest BCUT2D eigenvalue weighted by Gasteiger charge is 2.11.